The lowest BCUT2D eigenvalue weighted by molar-refractivity contribution is 0.160. The second-order valence-electron chi connectivity index (χ2n) is 3.56. The Morgan fingerprint density at radius 1 is 1.39 bits per heavy atom. The quantitative estimate of drug-likeness (QED) is 0.772. The number of aromatic nitrogens is 3. The summed E-state index contributed by atoms with van der Waals surface area (Å²) >= 11 is 0. The SMILES string of the molecule is CCOP(C)(=O)On1nnc2ccccc2c1=O. The maximum Gasteiger partial charge on any atom is 0.397 e. The number of benzene rings is 1. The van der Waals surface area contributed by atoms with Crippen LogP contribution in [-0.4, -0.2) is 28.4 Å². The van der Waals surface area contributed by atoms with Crippen LogP contribution < -0.4 is 10.2 Å². The molecule has 2 aromatic rings. The van der Waals surface area contributed by atoms with Crippen LogP contribution in [0.5, 0.6) is 0 Å². The van der Waals surface area contributed by atoms with Gasteiger partial charge in [0.15, 0.2) is 0 Å². The fourth-order valence-corrected chi connectivity index (χ4v) is 2.33. The summed E-state index contributed by atoms with van der Waals surface area (Å²) in [4.78, 5) is 12.6. The van der Waals surface area contributed by atoms with E-state index in [0.29, 0.717) is 15.7 Å². The van der Waals surface area contributed by atoms with Gasteiger partial charge in [-0.1, -0.05) is 12.1 Å². The number of nitrogens with zero attached hydrogens (tertiary/aromatic N) is 3. The van der Waals surface area contributed by atoms with Crippen LogP contribution in [0, 0.1) is 0 Å². The summed E-state index contributed by atoms with van der Waals surface area (Å²) < 4.78 is 21.7. The van der Waals surface area contributed by atoms with Crippen LogP contribution >= 0.6 is 7.60 Å². The number of hydrogen-bond donors (Lipinski definition) is 0. The molecule has 1 heterocycles. The minimum atomic E-state index is -3.36. The summed E-state index contributed by atoms with van der Waals surface area (Å²) in [6.07, 6.45) is 0. The Labute approximate surface area is 103 Å². The molecule has 96 valence electrons. The van der Waals surface area contributed by atoms with Crippen molar-refractivity contribution in [1.82, 2.24) is 15.2 Å². The predicted octanol–water partition coefficient (Wildman–Crippen LogP) is 1.08. The van der Waals surface area contributed by atoms with Crippen molar-refractivity contribution in [3.63, 3.8) is 0 Å². The first-order valence-corrected chi connectivity index (χ1v) is 7.29. The van der Waals surface area contributed by atoms with E-state index in [9.17, 15) is 9.36 Å². The van der Waals surface area contributed by atoms with Gasteiger partial charge in [-0.15, -0.1) is 5.10 Å². The van der Waals surface area contributed by atoms with Crippen molar-refractivity contribution in [3.8, 4) is 0 Å². The van der Waals surface area contributed by atoms with Crippen molar-refractivity contribution in [3.05, 3.63) is 34.6 Å². The van der Waals surface area contributed by atoms with Gasteiger partial charge in [0.25, 0.3) is 0 Å². The molecule has 0 saturated carbocycles. The van der Waals surface area contributed by atoms with E-state index in [1.54, 1.807) is 31.2 Å². The van der Waals surface area contributed by atoms with Crippen molar-refractivity contribution < 1.29 is 13.7 Å². The van der Waals surface area contributed by atoms with Gasteiger partial charge in [-0.3, -0.25) is 9.32 Å². The average Bonchev–Trinajstić information content (AvgIpc) is 2.33. The van der Waals surface area contributed by atoms with Gasteiger partial charge in [0.1, 0.15) is 5.52 Å². The predicted molar refractivity (Wildman–Crippen MR) is 65.5 cm³/mol. The summed E-state index contributed by atoms with van der Waals surface area (Å²) in [6, 6.07) is 6.69. The maximum atomic E-state index is 12.0. The Hall–Kier alpha value is -1.72. The van der Waals surface area contributed by atoms with Gasteiger partial charge in [-0.25, -0.2) is 4.57 Å². The van der Waals surface area contributed by atoms with E-state index in [-0.39, 0.29) is 6.61 Å². The zero-order valence-electron chi connectivity index (χ0n) is 9.94. The molecule has 1 atom stereocenters. The minimum Gasteiger partial charge on any atom is -0.310 e. The first-order valence-electron chi connectivity index (χ1n) is 5.30. The van der Waals surface area contributed by atoms with Crippen LogP contribution in [0.4, 0.5) is 0 Å². The molecule has 0 fully saturated rings. The van der Waals surface area contributed by atoms with E-state index < -0.39 is 13.2 Å². The molecule has 8 heteroatoms. The molecule has 0 radical (unpaired) electrons. The molecule has 1 aromatic heterocycles. The third-order valence-electron chi connectivity index (χ3n) is 2.13. The van der Waals surface area contributed by atoms with Crippen LogP contribution in [0.1, 0.15) is 6.92 Å². The standard InChI is InChI=1S/C10H12N3O4P/c1-3-16-18(2,15)17-13-10(14)8-6-4-5-7-9(8)11-12-13/h4-7H,3H2,1-2H3. The summed E-state index contributed by atoms with van der Waals surface area (Å²) in [6.45, 7) is 3.15. The average molecular weight is 269 g/mol. The second kappa shape index (κ2) is 4.88. The van der Waals surface area contributed by atoms with Crippen molar-refractivity contribution >= 4 is 18.5 Å². The highest BCUT2D eigenvalue weighted by molar-refractivity contribution is 7.53. The van der Waals surface area contributed by atoms with E-state index >= 15 is 0 Å². The highest BCUT2D eigenvalue weighted by atomic mass is 31.2. The number of fused-ring (bicyclic) bond motifs is 1. The molecule has 0 saturated heterocycles. The van der Waals surface area contributed by atoms with Gasteiger partial charge in [0.2, 0.25) is 0 Å². The summed E-state index contributed by atoms with van der Waals surface area (Å²) in [5, 5.41) is 7.69. The molecule has 0 spiro atoms. The molecule has 0 bridgehead atoms. The van der Waals surface area contributed by atoms with Gasteiger partial charge >= 0.3 is 13.2 Å². The van der Waals surface area contributed by atoms with E-state index in [1.165, 1.54) is 6.66 Å². The van der Waals surface area contributed by atoms with Gasteiger partial charge < -0.3 is 4.62 Å². The van der Waals surface area contributed by atoms with Gasteiger partial charge in [-0.05, 0) is 29.1 Å². The first kappa shape index (κ1) is 12.7. The summed E-state index contributed by atoms with van der Waals surface area (Å²) in [7, 11) is -3.36. The molecule has 0 aliphatic heterocycles. The lowest BCUT2D eigenvalue weighted by Gasteiger charge is -2.13. The third kappa shape index (κ3) is 2.57. The normalized spacial score (nSPS) is 14.3. The molecule has 0 aliphatic rings. The number of rotatable bonds is 4. The summed E-state index contributed by atoms with van der Waals surface area (Å²) in [5.74, 6) is 0. The van der Waals surface area contributed by atoms with Crippen molar-refractivity contribution in [2.45, 2.75) is 6.92 Å². The highest BCUT2D eigenvalue weighted by Gasteiger charge is 2.20. The Bertz CT molecular complexity index is 669. The molecule has 2 rings (SSSR count). The van der Waals surface area contributed by atoms with Gasteiger partial charge in [0.05, 0.1) is 18.7 Å². The minimum absolute atomic E-state index is 0.212. The van der Waals surface area contributed by atoms with E-state index in [4.69, 9.17) is 9.15 Å². The monoisotopic (exact) mass is 269 g/mol. The molecular formula is C10H12N3O4P. The molecule has 0 aliphatic carbocycles. The van der Waals surface area contributed by atoms with Crippen LogP contribution in [-0.2, 0) is 9.09 Å². The largest absolute Gasteiger partial charge is 0.397 e. The van der Waals surface area contributed by atoms with E-state index in [0.717, 1.165) is 0 Å². The fourth-order valence-electron chi connectivity index (χ4n) is 1.43. The third-order valence-corrected chi connectivity index (χ3v) is 3.31. The van der Waals surface area contributed by atoms with Crippen LogP contribution in [0.3, 0.4) is 0 Å². The van der Waals surface area contributed by atoms with Gasteiger partial charge in [-0.2, -0.15) is 0 Å². The molecule has 0 amide bonds. The van der Waals surface area contributed by atoms with Crippen molar-refractivity contribution in [2.75, 3.05) is 13.3 Å². The smallest absolute Gasteiger partial charge is 0.310 e. The molecule has 1 unspecified atom stereocenters. The summed E-state index contributed by atoms with van der Waals surface area (Å²) in [5.41, 5.74) is -0.0768. The van der Waals surface area contributed by atoms with Crippen LogP contribution in [0.25, 0.3) is 10.9 Å². The van der Waals surface area contributed by atoms with E-state index in [2.05, 4.69) is 10.3 Å². The second-order valence-corrected chi connectivity index (χ2v) is 5.52. The zero-order valence-corrected chi connectivity index (χ0v) is 10.8. The zero-order chi connectivity index (χ0) is 13.2. The van der Waals surface area contributed by atoms with Crippen LogP contribution in [0.15, 0.2) is 29.1 Å². The Morgan fingerprint density at radius 2 is 2.11 bits per heavy atom. The Morgan fingerprint density at radius 3 is 2.83 bits per heavy atom. The van der Waals surface area contributed by atoms with Gasteiger partial charge in [0, 0.05) is 0 Å². The maximum absolute atomic E-state index is 12.0. The molecule has 7 nitrogen and oxygen atoms in total. The lowest BCUT2D eigenvalue weighted by Crippen LogP contribution is -2.29. The van der Waals surface area contributed by atoms with Crippen LogP contribution in [0.2, 0.25) is 0 Å². The molecule has 0 N–H and O–H groups in total. The lowest BCUT2D eigenvalue weighted by atomic mass is 10.2. The molecular weight excluding hydrogens is 257 g/mol. The molecule has 1 aromatic carbocycles. The fraction of sp³-hybridized carbons (Fsp3) is 0.300. The molecule has 18 heavy (non-hydrogen) atoms. The van der Waals surface area contributed by atoms with E-state index in [1.807, 2.05) is 0 Å². The topological polar surface area (TPSA) is 83.3 Å². The Balaban J connectivity index is 2.44. The first-order chi connectivity index (χ1) is 8.53. The Kier molecular flexibility index (Phi) is 3.45. The van der Waals surface area contributed by atoms with Crippen molar-refractivity contribution in [2.24, 2.45) is 0 Å². The number of hydrogen-bond acceptors (Lipinski definition) is 6. The highest BCUT2D eigenvalue weighted by Crippen LogP contribution is 2.39. The van der Waals surface area contributed by atoms with Crippen molar-refractivity contribution in [1.29, 1.82) is 0 Å².